The third-order valence-corrected chi connectivity index (χ3v) is 3.50. The molecule has 1 atom stereocenters. The molecule has 0 saturated carbocycles. The van der Waals surface area contributed by atoms with E-state index < -0.39 is 0 Å². The van der Waals surface area contributed by atoms with Gasteiger partial charge in [0.2, 0.25) is 0 Å². The van der Waals surface area contributed by atoms with Gasteiger partial charge in [0.25, 0.3) is 0 Å². The van der Waals surface area contributed by atoms with Crippen LogP contribution in [0.1, 0.15) is 65.2 Å². The van der Waals surface area contributed by atoms with Crippen molar-refractivity contribution in [2.75, 3.05) is 5.33 Å². The van der Waals surface area contributed by atoms with Crippen molar-refractivity contribution < 1.29 is 0 Å². The van der Waals surface area contributed by atoms with Crippen LogP contribution in [0.15, 0.2) is 12.2 Å². The summed E-state index contributed by atoms with van der Waals surface area (Å²) in [6.45, 7) is 4.64. The SMILES string of the molecule is CCC(C)CCCC/C=C\CCCCBr. The van der Waals surface area contributed by atoms with Crippen molar-refractivity contribution in [1.82, 2.24) is 0 Å². The van der Waals surface area contributed by atoms with Crippen LogP contribution in [0, 0.1) is 5.92 Å². The third-order valence-electron chi connectivity index (χ3n) is 2.94. The van der Waals surface area contributed by atoms with Crippen LogP contribution in [0.3, 0.4) is 0 Å². The Balaban J connectivity index is 3.09. The van der Waals surface area contributed by atoms with E-state index in [1.165, 1.54) is 51.4 Å². The molecule has 0 aromatic carbocycles. The van der Waals surface area contributed by atoms with Gasteiger partial charge in [0, 0.05) is 5.33 Å². The first-order chi connectivity index (χ1) is 7.31. The van der Waals surface area contributed by atoms with Gasteiger partial charge in [0.05, 0.1) is 0 Å². The van der Waals surface area contributed by atoms with Crippen molar-refractivity contribution in [3.05, 3.63) is 12.2 Å². The molecular weight excluding hydrogens is 248 g/mol. The molecule has 0 aromatic rings. The molecule has 0 aliphatic heterocycles. The highest BCUT2D eigenvalue weighted by Crippen LogP contribution is 2.12. The number of rotatable bonds is 10. The molecule has 0 fully saturated rings. The molecule has 0 radical (unpaired) electrons. The second kappa shape index (κ2) is 12.3. The van der Waals surface area contributed by atoms with Crippen molar-refractivity contribution in [1.29, 1.82) is 0 Å². The zero-order valence-electron chi connectivity index (χ0n) is 10.5. The topological polar surface area (TPSA) is 0 Å². The van der Waals surface area contributed by atoms with Crippen LogP contribution in [0.4, 0.5) is 0 Å². The van der Waals surface area contributed by atoms with Gasteiger partial charge in [-0.25, -0.2) is 0 Å². The van der Waals surface area contributed by atoms with Gasteiger partial charge in [-0.2, -0.15) is 0 Å². The molecule has 1 heteroatoms. The highest BCUT2D eigenvalue weighted by atomic mass is 79.9. The molecule has 0 heterocycles. The summed E-state index contributed by atoms with van der Waals surface area (Å²) >= 11 is 3.45. The van der Waals surface area contributed by atoms with Crippen molar-refractivity contribution in [2.45, 2.75) is 65.2 Å². The van der Waals surface area contributed by atoms with E-state index in [9.17, 15) is 0 Å². The molecule has 0 nitrogen and oxygen atoms in total. The molecule has 0 saturated heterocycles. The number of hydrogen-bond acceptors (Lipinski definition) is 0. The van der Waals surface area contributed by atoms with Crippen LogP contribution in [0.5, 0.6) is 0 Å². The lowest BCUT2D eigenvalue weighted by Gasteiger charge is -2.06. The summed E-state index contributed by atoms with van der Waals surface area (Å²) in [4.78, 5) is 0. The minimum atomic E-state index is 0.924. The second-order valence-corrected chi connectivity index (χ2v) is 5.25. The number of unbranched alkanes of at least 4 members (excludes halogenated alkanes) is 4. The minimum absolute atomic E-state index is 0.924. The normalized spacial score (nSPS) is 13.5. The van der Waals surface area contributed by atoms with Crippen LogP contribution in [-0.2, 0) is 0 Å². The van der Waals surface area contributed by atoms with Gasteiger partial charge >= 0.3 is 0 Å². The van der Waals surface area contributed by atoms with Crippen molar-refractivity contribution in [3.8, 4) is 0 Å². The zero-order chi connectivity index (χ0) is 11.4. The summed E-state index contributed by atoms with van der Waals surface area (Å²) in [7, 11) is 0. The van der Waals surface area contributed by atoms with Crippen molar-refractivity contribution in [3.63, 3.8) is 0 Å². The van der Waals surface area contributed by atoms with E-state index in [0.717, 1.165) is 11.2 Å². The van der Waals surface area contributed by atoms with E-state index >= 15 is 0 Å². The standard InChI is InChI=1S/C14H27Br/c1-3-14(2)12-10-8-6-4-5-7-9-11-13-15/h4-5,14H,3,6-13H2,1-2H3/b5-4-. The number of halogens is 1. The average molecular weight is 275 g/mol. The van der Waals surface area contributed by atoms with Crippen LogP contribution in [0.2, 0.25) is 0 Å². The molecule has 0 aliphatic rings. The molecule has 0 bridgehead atoms. The smallest absolute Gasteiger partial charge is 0.00314 e. The van der Waals surface area contributed by atoms with Gasteiger partial charge in [0.15, 0.2) is 0 Å². The Kier molecular flexibility index (Phi) is 12.5. The summed E-state index contributed by atoms with van der Waals surface area (Å²) < 4.78 is 0. The molecule has 0 spiro atoms. The Morgan fingerprint density at radius 1 is 1.00 bits per heavy atom. The molecule has 0 amide bonds. The van der Waals surface area contributed by atoms with Crippen molar-refractivity contribution in [2.24, 2.45) is 5.92 Å². The van der Waals surface area contributed by atoms with Gasteiger partial charge in [-0.15, -0.1) is 0 Å². The van der Waals surface area contributed by atoms with Crippen molar-refractivity contribution >= 4 is 15.9 Å². The minimum Gasteiger partial charge on any atom is -0.0928 e. The first-order valence-corrected chi connectivity index (χ1v) is 7.64. The second-order valence-electron chi connectivity index (χ2n) is 4.45. The Morgan fingerprint density at radius 3 is 2.13 bits per heavy atom. The summed E-state index contributed by atoms with van der Waals surface area (Å²) in [6.07, 6.45) is 15.4. The molecule has 0 rings (SSSR count). The van der Waals surface area contributed by atoms with E-state index in [1.807, 2.05) is 0 Å². The molecule has 0 aliphatic carbocycles. The Bertz CT molecular complexity index is 140. The number of alkyl halides is 1. The molecule has 1 unspecified atom stereocenters. The van der Waals surface area contributed by atoms with Crippen LogP contribution in [-0.4, -0.2) is 5.33 Å². The average Bonchev–Trinajstić information content (AvgIpc) is 2.26. The number of allylic oxidation sites excluding steroid dienone is 2. The van der Waals surface area contributed by atoms with Gasteiger partial charge in [-0.3, -0.25) is 0 Å². The lowest BCUT2D eigenvalue weighted by atomic mass is 10.0. The third kappa shape index (κ3) is 12.2. The van der Waals surface area contributed by atoms with Crippen LogP contribution >= 0.6 is 15.9 Å². The number of hydrogen-bond donors (Lipinski definition) is 0. The largest absolute Gasteiger partial charge is 0.0928 e. The summed E-state index contributed by atoms with van der Waals surface area (Å²) in [5.74, 6) is 0.924. The van der Waals surface area contributed by atoms with E-state index in [2.05, 4.69) is 41.9 Å². The fourth-order valence-corrected chi connectivity index (χ4v) is 1.95. The van der Waals surface area contributed by atoms with Gasteiger partial charge in [-0.1, -0.05) is 61.2 Å². The Hall–Kier alpha value is 0.220. The summed E-state index contributed by atoms with van der Waals surface area (Å²) in [5.41, 5.74) is 0. The first kappa shape index (κ1) is 15.2. The van der Waals surface area contributed by atoms with Gasteiger partial charge in [0.1, 0.15) is 0 Å². The monoisotopic (exact) mass is 274 g/mol. The fraction of sp³-hybridized carbons (Fsp3) is 0.857. The summed E-state index contributed by atoms with van der Waals surface area (Å²) in [6, 6.07) is 0. The first-order valence-electron chi connectivity index (χ1n) is 6.52. The fourth-order valence-electron chi connectivity index (χ4n) is 1.55. The molecule has 0 aromatic heterocycles. The predicted molar refractivity (Wildman–Crippen MR) is 74.7 cm³/mol. The maximum Gasteiger partial charge on any atom is 0.00314 e. The lowest BCUT2D eigenvalue weighted by Crippen LogP contribution is -1.90. The molecule has 90 valence electrons. The van der Waals surface area contributed by atoms with E-state index in [4.69, 9.17) is 0 Å². The maximum absolute atomic E-state index is 3.45. The molecule has 0 N–H and O–H groups in total. The van der Waals surface area contributed by atoms with E-state index in [-0.39, 0.29) is 0 Å². The van der Waals surface area contributed by atoms with E-state index in [1.54, 1.807) is 0 Å². The van der Waals surface area contributed by atoms with Gasteiger partial charge < -0.3 is 0 Å². The summed E-state index contributed by atoms with van der Waals surface area (Å²) in [5, 5.41) is 1.15. The Morgan fingerprint density at radius 2 is 1.60 bits per heavy atom. The van der Waals surface area contributed by atoms with Crippen LogP contribution < -0.4 is 0 Å². The zero-order valence-corrected chi connectivity index (χ0v) is 12.1. The van der Waals surface area contributed by atoms with Crippen LogP contribution in [0.25, 0.3) is 0 Å². The highest BCUT2D eigenvalue weighted by molar-refractivity contribution is 9.09. The highest BCUT2D eigenvalue weighted by Gasteiger charge is 1.96. The lowest BCUT2D eigenvalue weighted by molar-refractivity contribution is 0.486. The maximum atomic E-state index is 3.45. The van der Waals surface area contributed by atoms with E-state index in [0.29, 0.717) is 0 Å². The van der Waals surface area contributed by atoms with Gasteiger partial charge in [-0.05, 0) is 38.0 Å². The Labute approximate surface area is 105 Å². The predicted octanol–water partition coefficient (Wildman–Crippen LogP) is 5.71. The molecule has 15 heavy (non-hydrogen) atoms. The quantitative estimate of drug-likeness (QED) is 0.272. The molecular formula is C14H27Br.